The van der Waals surface area contributed by atoms with E-state index >= 15 is 0 Å². The SMILES string of the molecule is CCCCCOc1ccc(-c2ccc(C3CC=C(C(=O)OC(C)C)CC3)cc2)cc1. The maximum Gasteiger partial charge on any atom is 0.333 e. The van der Waals surface area contributed by atoms with Gasteiger partial charge in [-0.25, -0.2) is 4.79 Å². The van der Waals surface area contributed by atoms with E-state index in [0.29, 0.717) is 5.92 Å². The van der Waals surface area contributed by atoms with Crippen LogP contribution in [0.4, 0.5) is 0 Å². The van der Waals surface area contributed by atoms with Crippen LogP contribution in [0.2, 0.25) is 0 Å². The molecule has 1 unspecified atom stereocenters. The fourth-order valence-electron chi connectivity index (χ4n) is 3.85. The highest BCUT2D eigenvalue weighted by atomic mass is 16.5. The fourth-order valence-corrected chi connectivity index (χ4v) is 3.85. The molecule has 3 heteroatoms. The second-order valence-electron chi connectivity index (χ2n) is 8.36. The molecule has 0 spiro atoms. The third-order valence-corrected chi connectivity index (χ3v) is 5.60. The van der Waals surface area contributed by atoms with Gasteiger partial charge in [-0.3, -0.25) is 0 Å². The Morgan fingerprint density at radius 3 is 2.23 bits per heavy atom. The fraction of sp³-hybridized carbons (Fsp3) is 0.444. The Morgan fingerprint density at radius 1 is 1.00 bits per heavy atom. The first kappa shape index (κ1) is 22.1. The summed E-state index contributed by atoms with van der Waals surface area (Å²) < 4.78 is 11.1. The highest BCUT2D eigenvalue weighted by Crippen LogP contribution is 2.34. The predicted molar refractivity (Wildman–Crippen MR) is 123 cm³/mol. The first-order valence-electron chi connectivity index (χ1n) is 11.3. The average Bonchev–Trinajstić information content (AvgIpc) is 2.77. The molecule has 0 saturated carbocycles. The van der Waals surface area contributed by atoms with Crippen LogP contribution in [0.15, 0.2) is 60.2 Å². The van der Waals surface area contributed by atoms with Crippen molar-refractivity contribution in [1.29, 1.82) is 0 Å². The van der Waals surface area contributed by atoms with Crippen LogP contribution in [-0.4, -0.2) is 18.7 Å². The molecular formula is C27H34O3. The minimum atomic E-state index is -0.156. The van der Waals surface area contributed by atoms with Gasteiger partial charge in [0.05, 0.1) is 12.7 Å². The molecule has 0 saturated heterocycles. The molecule has 2 aromatic rings. The highest BCUT2D eigenvalue weighted by Gasteiger charge is 2.21. The van der Waals surface area contributed by atoms with Gasteiger partial charge >= 0.3 is 5.97 Å². The van der Waals surface area contributed by atoms with Crippen LogP contribution < -0.4 is 4.74 Å². The largest absolute Gasteiger partial charge is 0.494 e. The van der Waals surface area contributed by atoms with E-state index in [1.165, 1.54) is 29.5 Å². The summed E-state index contributed by atoms with van der Waals surface area (Å²) in [5.41, 5.74) is 4.57. The zero-order chi connectivity index (χ0) is 21.3. The van der Waals surface area contributed by atoms with Crippen molar-refractivity contribution < 1.29 is 14.3 Å². The Bertz CT molecular complexity index is 831. The van der Waals surface area contributed by atoms with Gasteiger partial charge in [0.1, 0.15) is 5.75 Å². The van der Waals surface area contributed by atoms with Crippen molar-refractivity contribution in [3.63, 3.8) is 0 Å². The maximum absolute atomic E-state index is 12.1. The second-order valence-corrected chi connectivity index (χ2v) is 8.36. The van der Waals surface area contributed by atoms with Crippen molar-refractivity contribution >= 4 is 5.97 Å². The zero-order valence-electron chi connectivity index (χ0n) is 18.5. The number of unbranched alkanes of at least 4 members (excludes halogenated alkanes) is 2. The number of allylic oxidation sites excluding steroid dienone is 1. The lowest BCUT2D eigenvalue weighted by atomic mass is 9.84. The molecular weight excluding hydrogens is 372 g/mol. The lowest BCUT2D eigenvalue weighted by Gasteiger charge is -2.22. The molecule has 3 rings (SSSR count). The van der Waals surface area contributed by atoms with E-state index in [2.05, 4.69) is 61.5 Å². The molecule has 1 aliphatic rings. The number of hydrogen-bond donors (Lipinski definition) is 0. The van der Waals surface area contributed by atoms with E-state index in [4.69, 9.17) is 9.47 Å². The summed E-state index contributed by atoms with van der Waals surface area (Å²) in [6, 6.07) is 17.2. The van der Waals surface area contributed by atoms with Crippen molar-refractivity contribution in [3.05, 3.63) is 65.7 Å². The zero-order valence-corrected chi connectivity index (χ0v) is 18.5. The molecule has 0 fully saturated rings. The van der Waals surface area contributed by atoms with E-state index in [0.717, 1.165) is 43.6 Å². The Hall–Kier alpha value is -2.55. The summed E-state index contributed by atoms with van der Waals surface area (Å²) in [7, 11) is 0. The van der Waals surface area contributed by atoms with Crippen LogP contribution in [-0.2, 0) is 9.53 Å². The van der Waals surface area contributed by atoms with Gasteiger partial charge in [0.25, 0.3) is 0 Å². The maximum atomic E-state index is 12.1. The monoisotopic (exact) mass is 406 g/mol. The van der Waals surface area contributed by atoms with E-state index in [1.54, 1.807) is 0 Å². The first-order chi connectivity index (χ1) is 14.6. The Balaban J connectivity index is 1.56. The smallest absolute Gasteiger partial charge is 0.333 e. The molecule has 0 heterocycles. The number of carbonyl (C=O) groups excluding carboxylic acids is 1. The van der Waals surface area contributed by atoms with Crippen LogP contribution in [0.1, 0.15) is 70.8 Å². The van der Waals surface area contributed by atoms with Gasteiger partial charge in [-0.2, -0.15) is 0 Å². The van der Waals surface area contributed by atoms with Crippen LogP contribution >= 0.6 is 0 Å². The average molecular weight is 407 g/mol. The normalized spacial score (nSPS) is 16.3. The van der Waals surface area contributed by atoms with E-state index in [1.807, 2.05) is 13.8 Å². The lowest BCUT2D eigenvalue weighted by molar-refractivity contribution is -0.142. The number of ether oxygens (including phenoxy) is 2. The number of benzene rings is 2. The molecule has 2 aromatic carbocycles. The van der Waals surface area contributed by atoms with E-state index in [-0.39, 0.29) is 12.1 Å². The van der Waals surface area contributed by atoms with Crippen LogP contribution in [0, 0.1) is 0 Å². The van der Waals surface area contributed by atoms with Gasteiger partial charge in [0.2, 0.25) is 0 Å². The summed E-state index contributed by atoms with van der Waals surface area (Å²) in [4.78, 5) is 12.1. The third kappa shape index (κ3) is 6.22. The quantitative estimate of drug-likeness (QED) is 0.330. The van der Waals surface area contributed by atoms with Gasteiger partial charge < -0.3 is 9.47 Å². The van der Waals surface area contributed by atoms with Crippen LogP contribution in [0.5, 0.6) is 5.75 Å². The van der Waals surface area contributed by atoms with Crippen LogP contribution in [0.3, 0.4) is 0 Å². The van der Waals surface area contributed by atoms with Crippen molar-refractivity contribution in [2.24, 2.45) is 0 Å². The van der Waals surface area contributed by atoms with Gasteiger partial charge in [-0.05, 0) is 74.3 Å². The molecule has 160 valence electrons. The summed E-state index contributed by atoms with van der Waals surface area (Å²) in [6.45, 7) is 6.76. The predicted octanol–water partition coefficient (Wildman–Crippen LogP) is 7.07. The summed E-state index contributed by atoms with van der Waals surface area (Å²) >= 11 is 0. The number of carbonyl (C=O) groups is 1. The summed E-state index contributed by atoms with van der Waals surface area (Å²) in [5.74, 6) is 1.25. The first-order valence-corrected chi connectivity index (χ1v) is 11.3. The topological polar surface area (TPSA) is 35.5 Å². The molecule has 0 N–H and O–H groups in total. The minimum Gasteiger partial charge on any atom is -0.494 e. The standard InChI is InChI=1S/C27H34O3/c1-4-5-6-19-29-26-17-15-24(16-18-26)22-9-7-21(8-10-22)23-11-13-25(14-12-23)27(28)30-20(2)3/h7-10,13,15-18,20,23H,4-6,11-12,14,19H2,1-3H3. The Morgan fingerprint density at radius 2 is 1.67 bits per heavy atom. The molecule has 0 bridgehead atoms. The molecule has 1 atom stereocenters. The molecule has 30 heavy (non-hydrogen) atoms. The van der Waals surface area contributed by atoms with Crippen molar-refractivity contribution in [2.45, 2.75) is 71.3 Å². The summed E-state index contributed by atoms with van der Waals surface area (Å²) in [5, 5.41) is 0. The Kier molecular flexibility index (Phi) is 8.12. The second kappa shape index (κ2) is 11.0. The summed E-state index contributed by atoms with van der Waals surface area (Å²) in [6.07, 6.45) is 8.20. The number of hydrogen-bond acceptors (Lipinski definition) is 3. The Labute approximate surface area is 181 Å². The number of esters is 1. The van der Waals surface area contributed by atoms with Crippen molar-refractivity contribution in [3.8, 4) is 16.9 Å². The minimum absolute atomic E-state index is 0.0645. The van der Waals surface area contributed by atoms with E-state index < -0.39 is 0 Å². The van der Waals surface area contributed by atoms with Crippen LogP contribution in [0.25, 0.3) is 11.1 Å². The van der Waals surface area contributed by atoms with Crippen molar-refractivity contribution in [2.75, 3.05) is 6.61 Å². The molecule has 0 radical (unpaired) electrons. The van der Waals surface area contributed by atoms with Gasteiger partial charge in [-0.1, -0.05) is 62.2 Å². The van der Waals surface area contributed by atoms with Gasteiger partial charge in [0.15, 0.2) is 0 Å². The lowest BCUT2D eigenvalue weighted by Crippen LogP contribution is -2.16. The molecule has 1 aliphatic carbocycles. The van der Waals surface area contributed by atoms with Gasteiger partial charge in [0, 0.05) is 5.57 Å². The molecule has 3 nitrogen and oxygen atoms in total. The van der Waals surface area contributed by atoms with Crippen molar-refractivity contribution in [1.82, 2.24) is 0 Å². The molecule has 0 aromatic heterocycles. The van der Waals surface area contributed by atoms with Gasteiger partial charge in [-0.15, -0.1) is 0 Å². The third-order valence-electron chi connectivity index (χ3n) is 5.60. The molecule has 0 amide bonds. The molecule has 0 aliphatic heterocycles. The highest BCUT2D eigenvalue weighted by molar-refractivity contribution is 5.88. The van der Waals surface area contributed by atoms with E-state index in [9.17, 15) is 4.79 Å². The number of rotatable bonds is 9.